The Morgan fingerprint density at radius 3 is 2.19 bits per heavy atom. The lowest BCUT2D eigenvalue weighted by molar-refractivity contribution is -0.122. The predicted octanol–water partition coefficient (Wildman–Crippen LogP) is 7.20. The maximum Gasteiger partial charge on any atom is 0.336 e. The van der Waals surface area contributed by atoms with Gasteiger partial charge in [0, 0.05) is 10.5 Å². The minimum atomic E-state index is -0.906. The highest BCUT2D eigenvalue weighted by atomic mass is 79.9. The summed E-state index contributed by atoms with van der Waals surface area (Å²) in [5.41, 5.74) is 1.11. The van der Waals surface area contributed by atoms with E-state index in [1.807, 2.05) is 13.8 Å². The fourth-order valence-corrected chi connectivity index (χ4v) is 4.83. The summed E-state index contributed by atoms with van der Waals surface area (Å²) in [5.74, 6) is -0.163. The third-order valence-corrected chi connectivity index (χ3v) is 7.35. The third-order valence-electron chi connectivity index (χ3n) is 5.92. The lowest BCUT2D eigenvalue weighted by atomic mass is 10.1. The molecule has 1 aliphatic rings. The van der Waals surface area contributed by atoms with Crippen LogP contribution in [0, 0.1) is 0 Å². The molecule has 3 aromatic carbocycles. The number of nitrogens with one attached hydrogen (secondary N) is 1. The van der Waals surface area contributed by atoms with Gasteiger partial charge in [-0.1, -0.05) is 45.2 Å². The Hall–Kier alpha value is -3.73. The number of carbonyl (C=O) groups is 3. The number of rotatable bonds is 11. The van der Waals surface area contributed by atoms with Crippen LogP contribution in [0.4, 0.5) is 10.5 Å². The van der Waals surface area contributed by atoms with Crippen LogP contribution in [0.15, 0.2) is 58.6 Å². The van der Waals surface area contributed by atoms with Crippen LogP contribution in [-0.2, 0) is 16.2 Å². The van der Waals surface area contributed by atoms with Crippen molar-refractivity contribution in [3.63, 3.8) is 0 Å². The van der Waals surface area contributed by atoms with Crippen LogP contribution in [0.2, 0.25) is 10.0 Å². The molecule has 12 heteroatoms. The fraction of sp³-hybridized carbons (Fsp3) is 0.233. The Bertz CT molecular complexity index is 1560. The minimum Gasteiger partial charge on any atom is -0.494 e. The van der Waals surface area contributed by atoms with E-state index in [0.717, 1.165) is 10.5 Å². The predicted molar refractivity (Wildman–Crippen MR) is 164 cm³/mol. The zero-order valence-electron chi connectivity index (χ0n) is 23.0. The molecule has 220 valence electrons. The molecule has 1 aliphatic heterocycles. The molecule has 0 aliphatic carbocycles. The summed E-state index contributed by atoms with van der Waals surface area (Å²) in [6.45, 7) is 6.59. The van der Waals surface area contributed by atoms with Gasteiger partial charge in [0.05, 0.1) is 35.6 Å². The van der Waals surface area contributed by atoms with Crippen molar-refractivity contribution in [1.29, 1.82) is 0 Å². The average Bonchev–Trinajstić information content (AvgIpc) is 2.95. The summed E-state index contributed by atoms with van der Waals surface area (Å²) >= 11 is 15.6. The zero-order valence-corrected chi connectivity index (χ0v) is 26.1. The number of nitrogens with zero attached hydrogens (tertiary/aromatic N) is 1. The molecule has 0 radical (unpaired) electrons. The van der Waals surface area contributed by atoms with E-state index < -0.39 is 17.8 Å². The molecule has 0 bridgehead atoms. The summed E-state index contributed by atoms with van der Waals surface area (Å²) < 4.78 is 23.5. The van der Waals surface area contributed by atoms with Crippen LogP contribution in [0.1, 0.15) is 31.9 Å². The number of halogens is 3. The van der Waals surface area contributed by atoms with E-state index >= 15 is 0 Å². The molecule has 0 spiro atoms. The Kier molecular flexibility index (Phi) is 10.4. The standard InChI is InChI=1S/C30H27BrCl2N2O7/c1-4-39-19-8-10-25(40-5-2)24(14-19)35-29(37)20(28(36)34-30(35)38)12-18-13-26(41-6-3)27(15-21(18)31)42-16-17-7-9-22(32)23(33)11-17/h7-15H,4-6,16H2,1-3H3,(H,34,36,38)/b20-12+. The maximum atomic E-state index is 13.7. The number of hydrogen-bond donors (Lipinski definition) is 1. The van der Waals surface area contributed by atoms with Crippen LogP contribution in [0.5, 0.6) is 23.0 Å². The molecule has 0 saturated carbocycles. The van der Waals surface area contributed by atoms with Crippen molar-refractivity contribution in [3.8, 4) is 23.0 Å². The topological polar surface area (TPSA) is 103 Å². The molecule has 1 saturated heterocycles. The van der Waals surface area contributed by atoms with Gasteiger partial charge in [0.2, 0.25) is 0 Å². The van der Waals surface area contributed by atoms with Crippen molar-refractivity contribution >= 4 is 68.7 Å². The molecular weight excluding hydrogens is 651 g/mol. The van der Waals surface area contributed by atoms with Crippen molar-refractivity contribution in [2.75, 3.05) is 24.7 Å². The van der Waals surface area contributed by atoms with Gasteiger partial charge in [0.1, 0.15) is 23.7 Å². The number of urea groups is 1. The van der Waals surface area contributed by atoms with Crippen LogP contribution in [-0.4, -0.2) is 37.7 Å². The lowest BCUT2D eigenvalue weighted by Crippen LogP contribution is -2.54. The quantitative estimate of drug-likeness (QED) is 0.169. The monoisotopic (exact) mass is 676 g/mol. The lowest BCUT2D eigenvalue weighted by Gasteiger charge is -2.28. The molecule has 3 aromatic rings. The van der Waals surface area contributed by atoms with Gasteiger partial charge in [-0.25, -0.2) is 9.69 Å². The number of barbiturate groups is 1. The Morgan fingerprint density at radius 1 is 0.810 bits per heavy atom. The molecule has 0 aromatic heterocycles. The van der Waals surface area contributed by atoms with Crippen molar-refractivity contribution in [2.24, 2.45) is 0 Å². The van der Waals surface area contributed by atoms with Gasteiger partial charge in [-0.3, -0.25) is 14.9 Å². The van der Waals surface area contributed by atoms with Crippen LogP contribution in [0.25, 0.3) is 6.08 Å². The second-order valence-electron chi connectivity index (χ2n) is 8.74. The van der Waals surface area contributed by atoms with Crippen molar-refractivity contribution < 1.29 is 33.3 Å². The van der Waals surface area contributed by atoms with Gasteiger partial charge in [-0.2, -0.15) is 0 Å². The van der Waals surface area contributed by atoms with E-state index in [1.54, 1.807) is 49.4 Å². The summed E-state index contributed by atoms with van der Waals surface area (Å²) in [6, 6.07) is 12.4. The SMILES string of the molecule is CCOc1ccc(OCC)c(N2C(=O)NC(=O)/C(=C\c3cc(OCC)c(OCc4ccc(Cl)c(Cl)c4)cc3Br)C2=O)c1. The summed E-state index contributed by atoms with van der Waals surface area (Å²) in [7, 11) is 0. The first-order valence-electron chi connectivity index (χ1n) is 13.0. The number of carbonyl (C=O) groups excluding carboxylic acids is 3. The van der Waals surface area contributed by atoms with Gasteiger partial charge < -0.3 is 18.9 Å². The molecule has 0 atom stereocenters. The number of anilines is 1. The Balaban J connectivity index is 1.69. The van der Waals surface area contributed by atoms with Gasteiger partial charge in [0.25, 0.3) is 11.8 Å². The molecule has 9 nitrogen and oxygen atoms in total. The van der Waals surface area contributed by atoms with Gasteiger partial charge in [-0.05, 0) is 74.4 Å². The molecule has 1 fully saturated rings. The number of imide groups is 2. The van der Waals surface area contributed by atoms with E-state index in [0.29, 0.717) is 57.2 Å². The average molecular weight is 678 g/mol. The third kappa shape index (κ3) is 7.00. The van der Waals surface area contributed by atoms with Gasteiger partial charge in [-0.15, -0.1) is 0 Å². The highest BCUT2D eigenvalue weighted by Gasteiger charge is 2.38. The molecule has 1 N–H and O–H groups in total. The second kappa shape index (κ2) is 14.0. The number of hydrogen-bond acceptors (Lipinski definition) is 7. The first-order chi connectivity index (χ1) is 20.2. The zero-order chi connectivity index (χ0) is 30.4. The molecular formula is C30H27BrCl2N2O7. The first-order valence-corrected chi connectivity index (χ1v) is 14.6. The normalized spacial score (nSPS) is 14.2. The molecule has 0 unspecified atom stereocenters. The molecule has 1 heterocycles. The van der Waals surface area contributed by atoms with Crippen LogP contribution >= 0.6 is 39.1 Å². The van der Waals surface area contributed by atoms with E-state index in [-0.39, 0.29) is 23.6 Å². The maximum absolute atomic E-state index is 13.7. The van der Waals surface area contributed by atoms with E-state index in [9.17, 15) is 14.4 Å². The smallest absolute Gasteiger partial charge is 0.336 e. The van der Waals surface area contributed by atoms with Crippen molar-refractivity contribution in [1.82, 2.24) is 5.32 Å². The minimum absolute atomic E-state index is 0.142. The van der Waals surface area contributed by atoms with Gasteiger partial charge >= 0.3 is 6.03 Å². The van der Waals surface area contributed by atoms with E-state index in [1.165, 1.54) is 12.1 Å². The van der Waals surface area contributed by atoms with Crippen molar-refractivity contribution in [3.05, 3.63) is 79.7 Å². The summed E-state index contributed by atoms with van der Waals surface area (Å²) in [5, 5.41) is 3.09. The molecule has 4 amide bonds. The van der Waals surface area contributed by atoms with Crippen LogP contribution < -0.4 is 29.2 Å². The molecule has 4 rings (SSSR count). The number of benzene rings is 3. The summed E-state index contributed by atoms with van der Waals surface area (Å²) in [4.78, 5) is 40.3. The van der Waals surface area contributed by atoms with Crippen molar-refractivity contribution in [2.45, 2.75) is 27.4 Å². The van der Waals surface area contributed by atoms with Gasteiger partial charge in [0.15, 0.2) is 11.5 Å². The Morgan fingerprint density at radius 2 is 1.50 bits per heavy atom. The first kappa shape index (κ1) is 31.2. The second-order valence-corrected chi connectivity index (χ2v) is 10.4. The van der Waals surface area contributed by atoms with E-state index in [4.69, 9.17) is 42.1 Å². The van der Waals surface area contributed by atoms with E-state index in [2.05, 4.69) is 21.2 Å². The summed E-state index contributed by atoms with van der Waals surface area (Å²) in [6.07, 6.45) is 1.37. The molecule has 42 heavy (non-hydrogen) atoms. The number of amides is 4. The van der Waals surface area contributed by atoms with Crippen LogP contribution in [0.3, 0.4) is 0 Å². The highest BCUT2D eigenvalue weighted by molar-refractivity contribution is 9.10. The Labute approximate surface area is 261 Å². The fourth-order valence-electron chi connectivity index (χ4n) is 4.07. The highest BCUT2D eigenvalue weighted by Crippen LogP contribution is 2.38. The number of ether oxygens (including phenoxy) is 4. The largest absolute Gasteiger partial charge is 0.494 e.